The summed E-state index contributed by atoms with van der Waals surface area (Å²) in [6.07, 6.45) is 2.99. The summed E-state index contributed by atoms with van der Waals surface area (Å²) in [6.45, 7) is 2.60. The number of hydrogen-bond donors (Lipinski definition) is 2. The van der Waals surface area contributed by atoms with Gasteiger partial charge in [0.2, 0.25) is 15.9 Å². The van der Waals surface area contributed by atoms with E-state index in [0.29, 0.717) is 18.0 Å². The van der Waals surface area contributed by atoms with Crippen LogP contribution in [-0.4, -0.2) is 58.6 Å². The number of amides is 1. The van der Waals surface area contributed by atoms with Crippen LogP contribution in [-0.2, 0) is 14.8 Å². The lowest BCUT2D eigenvalue weighted by Gasteiger charge is -2.38. The lowest BCUT2D eigenvalue weighted by Crippen LogP contribution is -2.52. The van der Waals surface area contributed by atoms with Crippen molar-refractivity contribution < 1.29 is 22.7 Å². The molecule has 28 heavy (non-hydrogen) atoms. The van der Waals surface area contributed by atoms with Gasteiger partial charge in [-0.05, 0) is 38.3 Å². The number of sulfonamides is 1. The third-order valence-corrected chi connectivity index (χ3v) is 6.23. The zero-order valence-corrected chi connectivity index (χ0v) is 18.1. The van der Waals surface area contributed by atoms with E-state index in [1.165, 1.54) is 32.4 Å². The van der Waals surface area contributed by atoms with Crippen LogP contribution in [0.15, 0.2) is 23.1 Å². The normalized spacial score (nSPS) is 18.1. The molecule has 0 spiro atoms. The summed E-state index contributed by atoms with van der Waals surface area (Å²) in [5.74, 6) is 0.690. The van der Waals surface area contributed by atoms with Gasteiger partial charge in [0, 0.05) is 37.7 Å². The number of benzene rings is 1. The number of ether oxygens (including phenoxy) is 2. The van der Waals surface area contributed by atoms with Crippen molar-refractivity contribution in [1.29, 1.82) is 0 Å². The van der Waals surface area contributed by atoms with E-state index in [0.717, 1.165) is 19.3 Å². The van der Waals surface area contributed by atoms with E-state index < -0.39 is 10.0 Å². The number of rotatable bonds is 8. The molecule has 2 rings (SSSR count). The highest BCUT2D eigenvalue weighted by Gasteiger charge is 2.29. The van der Waals surface area contributed by atoms with E-state index in [9.17, 15) is 13.2 Å². The van der Waals surface area contributed by atoms with Crippen molar-refractivity contribution in [1.82, 2.24) is 9.62 Å². The summed E-state index contributed by atoms with van der Waals surface area (Å²) in [7, 11) is -0.839. The molecule has 1 heterocycles. The fraction of sp³-hybridized carbons (Fsp3) is 0.611. The molecule has 0 bridgehead atoms. The fourth-order valence-corrected chi connectivity index (χ4v) is 4.36. The maximum absolute atomic E-state index is 12.5. The molecule has 1 amide bonds. The molecule has 0 aliphatic carbocycles. The van der Waals surface area contributed by atoms with E-state index in [1.807, 2.05) is 6.92 Å². The Morgan fingerprint density at radius 3 is 2.57 bits per heavy atom. The van der Waals surface area contributed by atoms with Gasteiger partial charge in [0.05, 0.1) is 19.1 Å². The Labute approximate surface area is 173 Å². The number of hydrogen-bond acceptors (Lipinski definition) is 6. The quantitative estimate of drug-likeness (QED) is 0.640. The second kappa shape index (κ2) is 10.8. The first-order valence-electron chi connectivity index (χ1n) is 9.07. The van der Waals surface area contributed by atoms with Gasteiger partial charge in [-0.2, -0.15) is 0 Å². The predicted octanol–water partition coefficient (Wildman–Crippen LogP) is 1.52. The van der Waals surface area contributed by atoms with Crippen LogP contribution in [0.25, 0.3) is 0 Å². The molecule has 0 radical (unpaired) electrons. The number of nitrogens with zero attached hydrogens (tertiary/aromatic N) is 1. The molecular formula is C18H30ClN3O5S. The molecule has 1 aromatic carbocycles. The molecule has 160 valence electrons. The Morgan fingerprint density at radius 2 is 1.96 bits per heavy atom. The molecule has 8 nitrogen and oxygen atoms in total. The molecule has 1 saturated heterocycles. The number of halogens is 1. The Kier molecular flexibility index (Phi) is 9.49. The van der Waals surface area contributed by atoms with Crippen LogP contribution in [0.4, 0.5) is 0 Å². The minimum atomic E-state index is -3.76. The minimum absolute atomic E-state index is 0. The maximum atomic E-state index is 12.5. The van der Waals surface area contributed by atoms with Gasteiger partial charge in [0.15, 0.2) is 11.5 Å². The van der Waals surface area contributed by atoms with Crippen LogP contribution in [0.3, 0.4) is 0 Å². The number of carbonyl (C=O) groups is 1. The van der Waals surface area contributed by atoms with Gasteiger partial charge in [-0.15, -0.1) is 12.4 Å². The van der Waals surface area contributed by atoms with Gasteiger partial charge in [0.1, 0.15) is 0 Å². The molecule has 0 saturated carbocycles. The predicted molar refractivity (Wildman–Crippen MR) is 110 cm³/mol. The second-order valence-corrected chi connectivity index (χ2v) is 8.44. The summed E-state index contributed by atoms with van der Waals surface area (Å²) in [6, 6.07) is 4.27. The van der Waals surface area contributed by atoms with Crippen molar-refractivity contribution in [2.24, 2.45) is 5.73 Å². The standard InChI is InChI=1S/C18H29N3O5S.ClH/c1-13(19)15-6-4-5-11-21(15)18(22)9-10-20-27(23,24)14-7-8-16(25-2)17(12-14)26-3;/h7-8,12-13,15,20H,4-6,9-11,19H2,1-3H3;1H. The van der Waals surface area contributed by atoms with E-state index in [1.54, 1.807) is 4.90 Å². The lowest BCUT2D eigenvalue weighted by atomic mass is 9.96. The number of likely N-dealkylation sites (tertiary alicyclic amines) is 1. The van der Waals surface area contributed by atoms with Crippen molar-refractivity contribution in [2.45, 2.75) is 49.6 Å². The van der Waals surface area contributed by atoms with Gasteiger partial charge in [-0.1, -0.05) is 0 Å². The molecule has 1 fully saturated rings. The number of piperidine rings is 1. The van der Waals surface area contributed by atoms with Gasteiger partial charge in [-0.25, -0.2) is 13.1 Å². The number of methoxy groups -OCH3 is 2. The highest BCUT2D eigenvalue weighted by atomic mass is 35.5. The SMILES string of the molecule is COc1ccc(S(=O)(=O)NCCC(=O)N2CCCCC2C(C)N)cc1OC.Cl. The third kappa shape index (κ3) is 5.97. The molecule has 3 N–H and O–H groups in total. The molecule has 1 aliphatic heterocycles. The average Bonchev–Trinajstić information content (AvgIpc) is 2.67. The molecule has 1 aromatic rings. The van der Waals surface area contributed by atoms with Gasteiger partial charge >= 0.3 is 0 Å². The summed E-state index contributed by atoms with van der Waals surface area (Å²) >= 11 is 0. The van der Waals surface area contributed by atoms with Crippen molar-refractivity contribution in [2.75, 3.05) is 27.3 Å². The highest BCUT2D eigenvalue weighted by Crippen LogP contribution is 2.29. The lowest BCUT2D eigenvalue weighted by molar-refractivity contribution is -0.135. The first-order valence-corrected chi connectivity index (χ1v) is 10.5. The molecule has 0 aromatic heterocycles. The summed E-state index contributed by atoms with van der Waals surface area (Å²) in [4.78, 5) is 14.4. The van der Waals surface area contributed by atoms with Crippen molar-refractivity contribution in [3.63, 3.8) is 0 Å². The van der Waals surface area contributed by atoms with Crippen LogP contribution in [0.5, 0.6) is 11.5 Å². The molecule has 1 aliphatic rings. The molecule has 2 unspecified atom stereocenters. The summed E-state index contributed by atoms with van der Waals surface area (Å²) < 4.78 is 37.7. The van der Waals surface area contributed by atoms with E-state index >= 15 is 0 Å². The van der Waals surface area contributed by atoms with E-state index in [4.69, 9.17) is 15.2 Å². The van der Waals surface area contributed by atoms with Crippen LogP contribution >= 0.6 is 12.4 Å². The van der Waals surface area contributed by atoms with Crippen molar-refractivity contribution in [3.05, 3.63) is 18.2 Å². The van der Waals surface area contributed by atoms with Gasteiger partial charge in [0.25, 0.3) is 0 Å². The smallest absolute Gasteiger partial charge is 0.240 e. The van der Waals surface area contributed by atoms with Crippen LogP contribution in [0.1, 0.15) is 32.6 Å². The monoisotopic (exact) mass is 435 g/mol. The first kappa shape index (κ1) is 24.5. The van der Waals surface area contributed by atoms with Gasteiger partial charge in [-0.3, -0.25) is 4.79 Å². The summed E-state index contributed by atoms with van der Waals surface area (Å²) in [5, 5.41) is 0. The number of nitrogens with two attached hydrogens (primary N) is 1. The zero-order chi connectivity index (χ0) is 20.0. The Hall–Kier alpha value is -1.55. The Bertz CT molecular complexity index is 758. The number of nitrogens with one attached hydrogen (secondary N) is 1. The van der Waals surface area contributed by atoms with E-state index in [-0.39, 0.29) is 48.3 Å². The minimum Gasteiger partial charge on any atom is -0.493 e. The molecule has 2 atom stereocenters. The average molecular weight is 436 g/mol. The van der Waals surface area contributed by atoms with Crippen molar-refractivity contribution in [3.8, 4) is 11.5 Å². The largest absolute Gasteiger partial charge is 0.493 e. The van der Waals surface area contributed by atoms with Crippen LogP contribution in [0, 0.1) is 0 Å². The maximum Gasteiger partial charge on any atom is 0.240 e. The Morgan fingerprint density at radius 1 is 1.29 bits per heavy atom. The van der Waals surface area contributed by atoms with Crippen molar-refractivity contribution >= 4 is 28.3 Å². The fourth-order valence-electron chi connectivity index (χ4n) is 3.32. The first-order chi connectivity index (χ1) is 12.8. The highest BCUT2D eigenvalue weighted by molar-refractivity contribution is 7.89. The van der Waals surface area contributed by atoms with Crippen LogP contribution in [0.2, 0.25) is 0 Å². The van der Waals surface area contributed by atoms with Gasteiger partial charge < -0.3 is 20.1 Å². The molecule has 10 heteroatoms. The Balaban J connectivity index is 0.00000392. The topological polar surface area (TPSA) is 111 Å². The zero-order valence-electron chi connectivity index (χ0n) is 16.5. The second-order valence-electron chi connectivity index (χ2n) is 6.67. The molecular weight excluding hydrogens is 406 g/mol. The van der Waals surface area contributed by atoms with Crippen LogP contribution < -0.4 is 19.9 Å². The number of carbonyl (C=O) groups excluding carboxylic acids is 1. The van der Waals surface area contributed by atoms with E-state index in [2.05, 4.69) is 4.72 Å². The summed E-state index contributed by atoms with van der Waals surface area (Å²) in [5.41, 5.74) is 5.99. The third-order valence-electron chi connectivity index (χ3n) is 4.77.